The Morgan fingerprint density at radius 3 is 2.25 bits per heavy atom. The van der Waals surface area contributed by atoms with Crippen LogP contribution < -0.4 is 5.32 Å². The van der Waals surface area contributed by atoms with Crippen LogP contribution >= 0.6 is 34.7 Å². The Labute approximate surface area is 153 Å². The summed E-state index contributed by atoms with van der Waals surface area (Å²) in [5.74, 6) is -0.211. The van der Waals surface area contributed by atoms with E-state index in [0.29, 0.717) is 20.6 Å². The molecule has 4 nitrogen and oxygen atoms in total. The van der Waals surface area contributed by atoms with Gasteiger partial charge in [-0.15, -0.1) is 5.10 Å². The number of hydrogen-bond acceptors (Lipinski definition) is 4. The molecule has 1 aromatic heterocycles. The molecule has 0 saturated heterocycles. The van der Waals surface area contributed by atoms with Crippen molar-refractivity contribution in [2.45, 2.75) is 13.0 Å². The summed E-state index contributed by atoms with van der Waals surface area (Å²) in [6.45, 7) is 1.91. The fourth-order valence-electron chi connectivity index (χ4n) is 2.23. The third-order valence-corrected chi connectivity index (χ3v) is 4.76. The second-order valence-electron chi connectivity index (χ2n) is 5.20. The van der Waals surface area contributed by atoms with E-state index < -0.39 is 0 Å². The Morgan fingerprint density at radius 1 is 1.04 bits per heavy atom. The number of halogens is 2. The minimum Gasteiger partial charge on any atom is -0.345 e. The molecule has 1 amide bonds. The molecule has 0 fully saturated rings. The van der Waals surface area contributed by atoms with E-state index in [4.69, 9.17) is 23.2 Å². The van der Waals surface area contributed by atoms with Crippen molar-refractivity contribution >= 4 is 40.6 Å². The molecule has 0 spiro atoms. The van der Waals surface area contributed by atoms with Gasteiger partial charge >= 0.3 is 0 Å². The van der Waals surface area contributed by atoms with E-state index in [1.165, 1.54) is 0 Å². The highest BCUT2D eigenvalue weighted by Crippen LogP contribution is 2.26. The van der Waals surface area contributed by atoms with Gasteiger partial charge in [0.1, 0.15) is 10.6 Å². The highest BCUT2D eigenvalue weighted by atomic mass is 35.5. The van der Waals surface area contributed by atoms with Crippen molar-refractivity contribution in [2.24, 2.45) is 0 Å². The summed E-state index contributed by atoms with van der Waals surface area (Å²) in [6.07, 6.45) is 0. The smallest absolute Gasteiger partial charge is 0.265 e. The molecule has 7 heteroatoms. The van der Waals surface area contributed by atoms with E-state index in [1.807, 2.05) is 31.2 Å². The summed E-state index contributed by atoms with van der Waals surface area (Å²) in [5, 5.41) is 8.33. The number of aromatic nitrogens is 2. The molecule has 2 aromatic carbocycles. The second-order valence-corrected chi connectivity index (χ2v) is 6.83. The van der Waals surface area contributed by atoms with Crippen LogP contribution in [0.5, 0.6) is 0 Å². The molecule has 0 saturated carbocycles. The van der Waals surface area contributed by atoms with Gasteiger partial charge in [-0.05, 0) is 48.3 Å². The first-order valence-electron chi connectivity index (χ1n) is 7.19. The lowest BCUT2D eigenvalue weighted by molar-refractivity contribution is 0.0944. The Kier molecular flexibility index (Phi) is 5.14. The number of nitrogens with one attached hydrogen (secondary N) is 1. The Bertz CT molecular complexity index is 847. The van der Waals surface area contributed by atoms with Crippen molar-refractivity contribution in [2.75, 3.05) is 0 Å². The number of rotatable bonds is 4. The van der Waals surface area contributed by atoms with Gasteiger partial charge < -0.3 is 5.32 Å². The molecule has 24 heavy (non-hydrogen) atoms. The molecule has 0 unspecified atom stereocenters. The molecule has 0 aliphatic carbocycles. The minimum absolute atomic E-state index is 0.157. The normalized spacial score (nSPS) is 12.0. The molecule has 0 aliphatic rings. The largest absolute Gasteiger partial charge is 0.345 e. The van der Waals surface area contributed by atoms with E-state index in [-0.39, 0.29) is 11.9 Å². The van der Waals surface area contributed by atoms with E-state index in [2.05, 4.69) is 14.9 Å². The van der Waals surface area contributed by atoms with Gasteiger partial charge in [0.15, 0.2) is 0 Å². The molecule has 1 N–H and O–H groups in total. The lowest BCUT2D eigenvalue weighted by Crippen LogP contribution is -2.26. The van der Waals surface area contributed by atoms with Crippen molar-refractivity contribution < 1.29 is 4.79 Å². The average molecular weight is 378 g/mol. The Balaban J connectivity index is 1.80. The molecule has 3 rings (SSSR count). The van der Waals surface area contributed by atoms with Crippen LogP contribution in [0.3, 0.4) is 0 Å². The topological polar surface area (TPSA) is 54.9 Å². The fraction of sp³-hybridized carbons (Fsp3) is 0.118. The molecule has 1 atom stereocenters. The lowest BCUT2D eigenvalue weighted by atomic mass is 10.1. The number of carbonyl (C=O) groups is 1. The zero-order valence-corrected chi connectivity index (χ0v) is 15.0. The van der Waals surface area contributed by atoms with Gasteiger partial charge in [0.05, 0.1) is 6.04 Å². The maximum absolute atomic E-state index is 12.6. The molecule has 3 aromatic rings. The average Bonchev–Trinajstić information content (AvgIpc) is 3.06. The predicted molar refractivity (Wildman–Crippen MR) is 97.7 cm³/mol. The number of hydrogen-bond donors (Lipinski definition) is 1. The third kappa shape index (κ3) is 3.75. The molecule has 122 valence electrons. The fourth-order valence-corrected chi connectivity index (χ4v) is 3.08. The Hall–Kier alpha value is -1.95. The summed E-state index contributed by atoms with van der Waals surface area (Å²) in [6, 6.07) is 14.4. The summed E-state index contributed by atoms with van der Waals surface area (Å²) >= 11 is 12.9. The van der Waals surface area contributed by atoms with E-state index in [9.17, 15) is 4.79 Å². The van der Waals surface area contributed by atoms with E-state index in [1.54, 1.807) is 24.3 Å². The van der Waals surface area contributed by atoms with Crippen LogP contribution in [-0.2, 0) is 0 Å². The van der Waals surface area contributed by atoms with Gasteiger partial charge in [-0.25, -0.2) is 0 Å². The van der Waals surface area contributed by atoms with Gasteiger partial charge in [0.25, 0.3) is 5.91 Å². The van der Waals surface area contributed by atoms with Crippen molar-refractivity contribution in [3.63, 3.8) is 0 Å². The number of carbonyl (C=O) groups excluding carboxylic acids is 1. The molecule has 0 radical (unpaired) electrons. The van der Waals surface area contributed by atoms with Gasteiger partial charge in [0.2, 0.25) is 0 Å². The van der Waals surface area contributed by atoms with Crippen LogP contribution in [0.1, 0.15) is 28.2 Å². The first-order valence-corrected chi connectivity index (χ1v) is 8.72. The summed E-state index contributed by atoms with van der Waals surface area (Å²) in [5.41, 5.74) is 2.33. The third-order valence-electron chi connectivity index (χ3n) is 3.53. The van der Waals surface area contributed by atoms with Crippen LogP contribution in [0.15, 0.2) is 48.5 Å². The van der Waals surface area contributed by atoms with Gasteiger partial charge in [-0.1, -0.05) is 52.0 Å². The molecule has 0 aliphatic heterocycles. The van der Waals surface area contributed by atoms with Crippen molar-refractivity contribution in [3.05, 3.63) is 69.0 Å². The van der Waals surface area contributed by atoms with Gasteiger partial charge in [-0.2, -0.15) is 0 Å². The molecular formula is C17H13Cl2N3OS. The highest BCUT2D eigenvalue weighted by molar-refractivity contribution is 7.08. The van der Waals surface area contributed by atoms with E-state index in [0.717, 1.165) is 22.7 Å². The van der Waals surface area contributed by atoms with Gasteiger partial charge in [-0.3, -0.25) is 4.79 Å². The van der Waals surface area contributed by atoms with Crippen LogP contribution in [0, 0.1) is 0 Å². The Morgan fingerprint density at radius 2 is 1.62 bits per heavy atom. The molecule has 1 heterocycles. The summed E-state index contributed by atoms with van der Waals surface area (Å²) in [4.78, 5) is 13.1. The van der Waals surface area contributed by atoms with E-state index >= 15 is 0 Å². The van der Waals surface area contributed by atoms with Crippen LogP contribution in [0.2, 0.25) is 10.0 Å². The zero-order valence-electron chi connectivity index (χ0n) is 12.7. The summed E-state index contributed by atoms with van der Waals surface area (Å²) < 4.78 is 3.91. The van der Waals surface area contributed by atoms with Crippen LogP contribution in [0.4, 0.5) is 0 Å². The number of benzene rings is 2. The van der Waals surface area contributed by atoms with Gasteiger partial charge in [0, 0.05) is 15.6 Å². The quantitative estimate of drug-likeness (QED) is 0.695. The van der Waals surface area contributed by atoms with Crippen molar-refractivity contribution in [1.82, 2.24) is 14.9 Å². The number of nitrogens with zero attached hydrogens (tertiary/aromatic N) is 2. The summed E-state index contributed by atoms with van der Waals surface area (Å²) in [7, 11) is 0. The predicted octanol–water partition coefficient (Wildman–Crippen LogP) is 5.00. The van der Waals surface area contributed by atoms with Crippen LogP contribution in [-0.4, -0.2) is 15.5 Å². The van der Waals surface area contributed by atoms with Crippen molar-refractivity contribution in [1.29, 1.82) is 0 Å². The molecular weight excluding hydrogens is 365 g/mol. The SMILES string of the molecule is C[C@@H](NC(=O)c1snnc1-c1ccc(Cl)cc1)c1ccc(Cl)cc1. The minimum atomic E-state index is -0.211. The van der Waals surface area contributed by atoms with Crippen molar-refractivity contribution in [3.8, 4) is 11.3 Å². The first kappa shape index (κ1) is 16.9. The second kappa shape index (κ2) is 7.30. The highest BCUT2D eigenvalue weighted by Gasteiger charge is 2.19. The first-order chi connectivity index (χ1) is 11.5. The molecule has 0 bridgehead atoms. The standard InChI is InChI=1S/C17H13Cl2N3OS/c1-10(11-2-6-13(18)7-3-11)20-17(23)16-15(21-22-24-16)12-4-8-14(19)9-5-12/h2-10H,1H3,(H,20,23)/t10-/m1/s1. The maximum atomic E-state index is 12.6. The monoisotopic (exact) mass is 377 g/mol. The maximum Gasteiger partial charge on any atom is 0.265 e. The lowest BCUT2D eigenvalue weighted by Gasteiger charge is -2.14. The number of amides is 1. The zero-order chi connectivity index (χ0) is 17.1. The van der Waals surface area contributed by atoms with Crippen LogP contribution in [0.25, 0.3) is 11.3 Å².